The van der Waals surface area contributed by atoms with E-state index in [2.05, 4.69) is 21.6 Å². The van der Waals surface area contributed by atoms with Gasteiger partial charge in [-0.1, -0.05) is 36.2 Å². The first-order chi connectivity index (χ1) is 11.7. The molecule has 0 aromatic heterocycles. The summed E-state index contributed by atoms with van der Waals surface area (Å²) < 4.78 is 0. The van der Waals surface area contributed by atoms with Gasteiger partial charge >= 0.3 is 0 Å². The molecule has 4 nitrogen and oxygen atoms in total. The van der Waals surface area contributed by atoms with E-state index in [1.165, 1.54) is 12.0 Å². The van der Waals surface area contributed by atoms with E-state index in [0.29, 0.717) is 5.92 Å². The third kappa shape index (κ3) is 6.90. The topological polar surface area (TPSA) is 44.4 Å². The molecule has 0 radical (unpaired) electrons. The molecule has 26 heavy (non-hydrogen) atoms. The highest BCUT2D eigenvalue weighted by Crippen LogP contribution is 2.22. The summed E-state index contributed by atoms with van der Waals surface area (Å²) in [6, 6.07) is 8.11. The van der Waals surface area contributed by atoms with Gasteiger partial charge in [-0.25, -0.2) is 0 Å². The summed E-state index contributed by atoms with van der Waals surface area (Å²) in [5.41, 5.74) is 1.20. The van der Waals surface area contributed by atoms with Crippen LogP contribution in [0.25, 0.3) is 0 Å². The Morgan fingerprint density at radius 3 is 2.54 bits per heavy atom. The van der Waals surface area contributed by atoms with Crippen LogP contribution in [0.3, 0.4) is 0 Å². The molecule has 1 aromatic rings. The van der Waals surface area contributed by atoms with E-state index in [0.717, 1.165) is 63.4 Å². The molecule has 1 amide bonds. The Morgan fingerprint density at radius 2 is 1.88 bits per heavy atom. The molecule has 7 heteroatoms. The van der Waals surface area contributed by atoms with Crippen LogP contribution in [-0.2, 0) is 11.3 Å². The van der Waals surface area contributed by atoms with Gasteiger partial charge in [-0.05, 0) is 62.9 Å². The number of benzene rings is 1. The number of carbonyl (C=O) groups excluding carboxylic acids is 1. The molecule has 2 heterocycles. The third-order valence-corrected chi connectivity index (χ3v) is 5.62. The molecule has 0 spiro atoms. The van der Waals surface area contributed by atoms with Crippen LogP contribution in [0.2, 0.25) is 5.02 Å². The zero-order chi connectivity index (χ0) is 16.8. The number of carbonyl (C=O) groups is 1. The van der Waals surface area contributed by atoms with Crippen molar-refractivity contribution in [1.29, 1.82) is 0 Å². The maximum absolute atomic E-state index is 12.2. The predicted molar refractivity (Wildman–Crippen MR) is 113 cm³/mol. The highest BCUT2D eigenvalue weighted by atomic mass is 35.5. The molecule has 0 unspecified atom stereocenters. The van der Waals surface area contributed by atoms with Gasteiger partial charge in [0.05, 0.1) is 6.04 Å². The first kappa shape index (κ1) is 23.5. The Hall–Kier alpha value is -0.520. The lowest BCUT2D eigenvalue weighted by atomic mass is 9.96. The molecule has 2 aliphatic heterocycles. The van der Waals surface area contributed by atoms with E-state index in [9.17, 15) is 4.79 Å². The van der Waals surface area contributed by atoms with Gasteiger partial charge in [-0.2, -0.15) is 0 Å². The third-order valence-electron chi connectivity index (χ3n) is 5.25. The van der Waals surface area contributed by atoms with E-state index < -0.39 is 0 Å². The summed E-state index contributed by atoms with van der Waals surface area (Å²) >= 11 is 6.25. The zero-order valence-electron chi connectivity index (χ0n) is 15.1. The first-order valence-corrected chi connectivity index (χ1v) is 9.57. The van der Waals surface area contributed by atoms with Gasteiger partial charge in [0.2, 0.25) is 5.91 Å². The normalized spacial score (nSPS) is 21.3. The minimum atomic E-state index is 0. The van der Waals surface area contributed by atoms with E-state index in [1.54, 1.807) is 0 Å². The fourth-order valence-electron chi connectivity index (χ4n) is 3.66. The lowest BCUT2D eigenvalue weighted by molar-refractivity contribution is -0.123. The second-order valence-electron chi connectivity index (χ2n) is 7.06. The van der Waals surface area contributed by atoms with Crippen molar-refractivity contribution >= 4 is 42.3 Å². The summed E-state index contributed by atoms with van der Waals surface area (Å²) in [5, 5.41) is 7.32. The Bertz CT molecular complexity index is 545. The number of likely N-dealkylation sites (tertiary alicyclic amines) is 1. The van der Waals surface area contributed by atoms with Gasteiger partial charge in [0.1, 0.15) is 0 Å². The van der Waals surface area contributed by atoms with Gasteiger partial charge in [-0.15, -0.1) is 24.8 Å². The van der Waals surface area contributed by atoms with E-state index in [-0.39, 0.29) is 36.8 Å². The molecular formula is C19H30Cl3N3O. The smallest absolute Gasteiger partial charge is 0.237 e. The molecule has 2 saturated heterocycles. The summed E-state index contributed by atoms with van der Waals surface area (Å²) in [4.78, 5) is 14.6. The summed E-state index contributed by atoms with van der Waals surface area (Å²) in [5.74, 6) is 0.785. The van der Waals surface area contributed by atoms with Gasteiger partial charge in [0.15, 0.2) is 0 Å². The van der Waals surface area contributed by atoms with Crippen LogP contribution in [0, 0.1) is 5.92 Å². The van der Waals surface area contributed by atoms with Crippen molar-refractivity contribution in [3.63, 3.8) is 0 Å². The van der Waals surface area contributed by atoms with Crippen LogP contribution >= 0.6 is 36.4 Å². The van der Waals surface area contributed by atoms with Crippen LogP contribution < -0.4 is 10.6 Å². The molecular weight excluding hydrogens is 393 g/mol. The van der Waals surface area contributed by atoms with Crippen molar-refractivity contribution in [2.45, 2.75) is 44.7 Å². The monoisotopic (exact) mass is 421 g/mol. The quantitative estimate of drug-likeness (QED) is 0.761. The number of amides is 1. The Labute approximate surface area is 174 Å². The van der Waals surface area contributed by atoms with Crippen molar-refractivity contribution in [2.75, 3.05) is 26.2 Å². The number of piperidine rings is 2. The number of rotatable bonds is 5. The lowest BCUT2D eigenvalue weighted by Crippen LogP contribution is -2.48. The minimum absolute atomic E-state index is 0. The van der Waals surface area contributed by atoms with Crippen LogP contribution in [0.15, 0.2) is 24.3 Å². The lowest BCUT2D eigenvalue weighted by Gasteiger charge is -2.32. The summed E-state index contributed by atoms with van der Waals surface area (Å²) in [6.07, 6.45) is 5.60. The highest BCUT2D eigenvalue weighted by Gasteiger charge is 2.23. The molecule has 2 aliphatic rings. The van der Waals surface area contributed by atoms with Crippen molar-refractivity contribution in [3.8, 4) is 0 Å². The molecule has 0 aliphatic carbocycles. The van der Waals surface area contributed by atoms with Crippen molar-refractivity contribution in [2.24, 2.45) is 5.92 Å². The minimum Gasteiger partial charge on any atom is -0.354 e. The van der Waals surface area contributed by atoms with E-state index >= 15 is 0 Å². The first-order valence-electron chi connectivity index (χ1n) is 9.19. The van der Waals surface area contributed by atoms with Gasteiger partial charge in [0.25, 0.3) is 0 Å². The van der Waals surface area contributed by atoms with E-state index in [4.69, 9.17) is 11.6 Å². The van der Waals surface area contributed by atoms with Crippen molar-refractivity contribution in [1.82, 2.24) is 15.5 Å². The fourth-order valence-corrected chi connectivity index (χ4v) is 3.86. The maximum atomic E-state index is 12.2. The largest absolute Gasteiger partial charge is 0.354 e. The standard InChI is InChI=1S/C19H28ClN3O.2ClH/c20-17-6-2-1-5-16(17)14-23-11-8-15(9-12-23)13-22-19(24)18-7-3-4-10-21-18;;/h1-2,5-6,15,18,21H,3-4,7-14H2,(H,22,24);2*1H/t18-;;/m1../s1. The van der Waals surface area contributed by atoms with Crippen LogP contribution in [0.4, 0.5) is 0 Å². The van der Waals surface area contributed by atoms with Gasteiger partial charge in [0, 0.05) is 18.1 Å². The second-order valence-corrected chi connectivity index (χ2v) is 7.47. The van der Waals surface area contributed by atoms with Crippen LogP contribution in [0.1, 0.15) is 37.7 Å². The SMILES string of the molecule is Cl.Cl.O=C(NCC1CCN(Cc2ccccc2Cl)CC1)[C@H]1CCCCN1. The Kier molecular flexibility index (Phi) is 10.9. The molecule has 1 aromatic carbocycles. The van der Waals surface area contributed by atoms with Crippen LogP contribution in [0.5, 0.6) is 0 Å². The van der Waals surface area contributed by atoms with Crippen molar-refractivity contribution in [3.05, 3.63) is 34.9 Å². The number of hydrogen-bond donors (Lipinski definition) is 2. The molecule has 0 saturated carbocycles. The average Bonchev–Trinajstić information content (AvgIpc) is 2.63. The Balaban J connectivity index is 0.00000169. The number of halogens is 3. The molecule has 0 bridgehead atoms. The van der Waals surface area contributed by atoms with E-state index in [1.807, 2.05) is 18.2 Å². The average molecular weight is 423 g/mol. The van der Waals surface area contributed by atoms with Gasteiger partial charge in [-0.3, -0.25) is 9.69 Å². The molecule has 2 fully saturated rings. The maximum Gasteiger partial charge on any atom is 0.237 e. The summed E-state index contributed by atoms with van der Waals surface area (Å²) in [6.45, 7) is 4.86. The molecule has 3 rings (SSSR count). The summed E-state index contributed by atoms with van der Waals surface area (Å²) in [7, 11) is 0. The Morgan fingerprint density at radius 1 is 1.15 bits per heavy atom. The number of hydrogen-bond acceptors (Lipinski definition) is 3. The van der Waals surface area contributed by atoms with Gasteiger partial charge < -0.3 is 10.6 Å². The molecule has 1 atom stereocenters. The zero-order valence-corrected chi connectivity index (χ0v) is 17.5. The predicted octanol–water partition coefficient (Wildman–Crippen LogP) is 3.65. The molecule has 2 N–H and O–H groups in total. The number of nitrogens with zero attached hydrogens (tertiary/aromatic N) is 1. The van der Waals surface area contributed by atoms with Crippen LogP contribution in [-0.4, -0.2) is 43.0 Å². The van der Waals surface area contributed by atoms with Crippen molar-refractivity contribution < 1.29 is 4.79 Å². The number of nitrogens with one attached hydrogen (secondary N) is 2. The highest BCUT2D eigenvalue weighted by molar-refractivity contribution is 6.31. The fraction of sp³-hybridized carbons (Fsp3) is 0.632. The molecule has 148 valence electrons. The second kappa shape index (κ2) is 12.0.